The molecule has 0 aromatic heterocycles. The lowest BCUT2D eigenvalue weighted by Crippen LogP contribution is -2.06. The van der Waals surface area contributed by atoms with Crippen LogP contribution in [0.1, 0.15) is 18.1 Å². The second-order valence-corrected chi connectivity index (χ2v) is 2.84. The number of hydrogen-bond donors (Lipinski definition) is 4. The summed E-state index contributed by atoms with van der Waals surface area (Å²) in [6.07, 6.45) is -0.464. The van der Waals surface area contributed by atoms with Crippen LogP contribution in [0.25, 0.3) is 0 Å². The van der Waals surface area contributed by atoms with Crippen LogP contribution in [0.5, 0.6) is 11.5 Å². The number of hydrogen-bond acceptors (Lipinski definition) is 4. The summed E-state index contributed by atoms with van der Waals surface area (Å²) in [7, 11) is 0. The number of rotatable bonds is 3. The van der Waals surface area contributed by atoms with Crippen molar-refractivity contribution in [2.75, 3.05) is 6.54 Å². The molecule has 4 heteroatoms. The number of phenolic OH excluding ortho intramolecular Hbond substituents is 2. The van der Waals surface area contributed by atoms with Crippen LogP contribution in [0, 0.1) is 0 Å². The largest absolute Gasteiger partial charge is 0.508 e. The van der Waals surface area contributed by atoms with Crippen LogP contribution >= 0.6 is 0 Å². The number of aromatic hydroxyl groups is 2. The van der Waals surface area contributed by atoms with Gasteiger partial charge in [0.15, 0.2) is 0 Å². The molecule has 0 saturated carbocycles. The summed E-state index contributed by atoms with van der Waals surface area (Å²) in [5.41, 5.74) is 5.56. The van der Waals surface area contributed by atoms with Gasteiger partial charge in [-0.15, -0.1) is 0 Å². The highest BCUT2D eigenvalue weighted by atomic mass is 16.3. The van der Waals surface area contributed by atoms with Crippen molar-refractivity contribution in [3.63, 3.8) is 0 Å². The fraction of sp³-hybridized carbons (Fsp3) is 0.333. The van der Waals surface area contributed by atoms with E-state index < -0.39 is 6.10 Å². The fourth-order valence-corrected chi connectivity index (χ4v) is 1.12. The Morgan fingerprint density at radius 2 is 2.00 bits per heavy atom. The molecule has 0 saturated heterocycles. The molecule has 0 aliphatic heterocycles. The number of phenols is 2. The summed E-state index contributed by atoms with van der Waals surface area (Å²) < 4.78 is 0. The standard InChI is InChI=1S/C9H13NO3/c10-4-3-9(13)7-5-6(11)1-2-8(7)12/h1-2,5,9,11-13H,3-4,10H2. The molecule has 0 spiro atoms. The van der Waals surface area contributed by atoms with Gasteiger partial charge in [-0.2, -0.15) is 0 Å². The Labute approximate surface area is 76.2 Å². The molecule has 1 rings (SSSR count). The SMILES string of the molecule is NCCC(O)c1cc(O)ccc1O. The van der Waals surface area contributed by atoms with Crippen molar-refractivity contribution in [2.45, 2.75) is 12.5 Å². The van der Waals surface area contributed by atoms with Crippen LogP contribution in [-0.2, 0) is 0 Å². The first kappa shape index (κ1) is 9.83. The monoisotopic (exact) mass is 183 g/mol. The average molecular weight is 183 g/mol. The number of benzene rings is 1. The van der Waals surface area contributed by atoms with Gasteiger partial charge in [0.05, 0.1) is 6.10 Å². The van der Waals surface area contributed by atoms with E-state index in [0.29, 0.717) is 18.5 Å². The lowest BCUT2D eigenvalue weighted by atomic mass is 10.1. The van der Waals surface area contributed by atoms with Gasteiger partial charge in [-0.1, -0.05) is 0 Å². The maximum Gasteiger partial charge on any atom is 0.121 e. The zero-order valence-electron chi connectivity index (χ0n) is 7.14. The van der Waals surface area contributed by atoms with Gasteiger partial charge in [0, 0.05) is 5.56 Å². The summed E-state index contributed by atoms with van der Waals surface area (Å²) in [4.78, 5) is 0. The Morgan fingerprint density at radius 1 is 1.31 bits per heavy atom. The summed E-state index contributed by atoms with van der Waals surface area (Å²) >= 11 is 0. The van der Waals surface area contributed by atoms with Crippen molar-refractivity contribution in [2.24, 2.45) is 5.73 Å². The smallest absolute Gasteiger partial charge is 0.121 e. The first-order valence-corrected chi connectivity index (χ1v) is 4.05. The molecule has 13 heavy (non-hydrogen) atoms. The minimum absolute atomic E-state index is 0.0175. The number of aliphatic hydroxyl groups is 1. The Bertz CT molecular complexity index is 288. The van der Waals surface area contributed by atoms with Gasteiger partial charge in [-0.25, -0.2) is 0 Å². The molecule has 0 fully saturated rings. The van der Waals surface area contributed by atoms with E-state index >= 15 is 0 Å². The Morgan fingerprint density at radius 3 is 2.62 bits per heavy atom. The average Bonchev–Trinajstić information content (AvgIpc) is 2.09. The summed E-state index contributed by atoms with van der Waals surface area (Å²) in [6, 6.07) is 4.02. The second kappa shape index (κ2) is 4.11. The molecule has 0 heterocycles. The van der Waals surface area contributed by atoms with E-state index in [1.165, 1.54) is 18.2 Å². The van der Waals surface area contributed by atoms with E-state index in [4.69, 9.17) is 10.8 Å². The molecular weight excluding hydrogens is 170 g/mol. The van der Waals surface area contributed by atoms with Gasteiger partial charge < -0.3 is 21.1 Å². The summed E-state index contributed by atoms with van der Waals surface area (Å²) in [5, 5.41) is 27.9. The van der Waals surface area contributed by atoms with Crippen molar-refractivity contribution < 1.29 is 15.3 Å². The van der Waals surface area contributed by atoms with Crippen molar-refractivity contribution in [1.29, 1.82) is 0 Å². The first-order valence-electron chi connectivity index (χ1n) is 4.05. The molecule has 0 aliphatic carbocycles. The van der Waals surface area contributed by atoms with Gasteiger partial charge in [-0.3, -0.25) is 0 Å². The molecule has 5 N–H and O–H groups in total. The molecule has 1 aromatic carbocycles. The van der Waals surface area contributed by atoms with Gasteiger partial charge in [0.25, 0.3) is 0 Å². The quantitative estimate of drug-likeness (QED) is 0.513. The third-order valence-electron chi connectivity index (χ3n) is 1.81. The molecule has 72 valence electrons. The third kappa shape index (κ3) is 2.34. The topological polar surface area (TPSA) is 86.7 Å². The van der Waals surface area contributed by atoms with E-state index in [1.54, 1.807) is 0 Å². The summed E-state index contributed by atoms with van der Waals surface area (Å²) in [6.45, 7) is 0.330. The van der Waals surface area contributed by atoms with E-state index in [0.717, 1.165) is 0 Å². The lowest BCUT2D eigenvalue weighted by molar-refractivity contribution is 0.166. The zero-order valence-corrected chi connectivity index (χ0v) is 7.14. The van der Waals surface area contributed by atoms with E-state index in [1.807, 2.05) is 0 Å². The Kier molecular flexibility index (Phi) is 3.11. The van der Waals surface area contributed by atoms with Crippen LogP contribution in [0.3, 0.4) is 0 Å². The van der Waals surface area contributed by atoms with E-state index in [2.05, 4.69) is 0 Å². The second-order valence-electron chi connectivity index (χ2n) is 2.84. The maximum atomic E-state index is 9.47. The van der Waals surface area contributed by atoms with Crippen molar-refractivity contribution in [3.8, 4) is 11.5 Å². The van der Waals surface area contributed by atoms with Gasteiger partial charge in [-0.05, 0) is 31.2 Å². The predicted octanol–water partition coefficient (Wildman–Crippen LogP) is 0.480. The minimum atomic E-state index is -0.822. The molecular formula is C9H13NO3. The molecule has 0 aliphatic rings. The van der Waals surface area contributed by atoms with Crippen molar-refractivity contribution in [1.82, 2.24) is 0 Å². The lowest BCUT2D eigenvalue weighted by Gasteiger charge is -2.11. The molecule has 1 aromatic rings. The normalized spacial score (nSPS) is 12.8. The maximum absolute atomic E-state index is 9.47. The highest BCUT2D eigenvalue weighted by Gasteiger charge is 2.11. The highest BCUT2D eigenvalue weighted by molar-refractivity contribution is 5.39. The molecule has 1 atom stereocenters. The Balaban J connectivity index is 2.91. The zero-order chi connectivity index (χ0) is 9.84. The van der Waals surface area contributed by atoms with Crippen LogP contribution in [0.2, 0.25) is 0 Å². The fourth-order valence-electron chi connectivity index (χ4n) is 1.12. The molecule has 0 bridgehead atoms. The predicted molar refractivity (Wildman–Crippen MR) is 48.4 cm³/mol. The van der Waals surface area contributed by atoms with Crippen molar-refractivity contribution in [3.05, 3.63) is 23.8 Å². The van der Waals surface area contributed by atoms with Gasteiger partial charge in [0.2, 0.25) is 0 Å². The van der Waals surface area contributed by atoms with E-state index in [-0.39, 0.29) is 11.5 Å². The van der Waals surface area contributed by atoms with Gasteiger partial charge >= 0.3 is 0 Å². The minimum Gasteiger partial charge on any atom is -0.508 e. The molecule has 0 amide bonds. The Hall–Kier alpha value is -1.26. The van der Waals surface area contributed by atoms with Gasteiger partial charge in [0.1, 0.15) is 11.5 Å². The van der Waals surface area contributed by atoms with Crippen LogP contribution in [0.4, 0.5) is 0 Å². The van der Waals surface area contributed by atoms with Crippen LogP contribution in [0.15, 0.2) is 18.2 Å². The third-order valence-corrected chi connectivity index (χ3v) is 1.81. The number of nitrogens with two attached hydrogens (primary N) is 1. The molecule has 0 radical (unpaired) electrons. The van der Waals surface area contributed by atoms with Crippen LogP contribution in [-0.4, -0.2) is 21.9 Å². The first-order chi connectivity index (χ1) is 6.15. The highest BCUT2D eigenvalue weighted by Crippen LogP contribution is 2.29. The van der Waals surface area contributed by atoms with Crippen molar-refractivity contribution >= 4 is 0 Å². The molecule has 1 unspecified atom stereocenters. The van der Waals surface area contributed by atoms with E-state index in [9.17, 15) is 10.2 Å². The number of aliphatic hydroxyl groups excluding tert-OH is 1. The van der Waals surface area contributed by atoms with Crippen LogP contribution < -0.4 is 5.73 Å². The summed E-state index contributed by atoms with van der Waals surface area (Å²) in [5.74, 6) is -0.0115. The molecule has 4 nitrogen and oxygen atoms in total.